The Balaban J connectivity index is 1.38. The molecule has 0 saturated carbocycles. The molecule has 0 bridgehead atoms. The average molecular weight is 386 g/mol. The molecular formula is C21H30N4O3. The van der Waals surface area contributed by atoms with Crippen LogP contribution in [0, 0.1) is 0 Å². The Morgan fingerprint density at radius 2 is 1.96 bits per heavy atom. The zero-order valence-corrected chi connectivity index (χ0v) is 16.8. The van der Waals surface area contributed by atoms with E-state index in [-0.39, 0.29) is 12.6 Å². The molecule has 1 amide bonds. The lowest BCUT2D eigenvalue weighted by atomic mass is 10.0. The Hall–Kier alpha value is -2.38. The predicted octanol–water partition coefficient (Wildman–Crippen LogP) is 2.50. The highest BCUT2D eigenvalue weighted by Gasteiger charge is 2.11. The van der Waals surface area contributed by atoms with E-state index in [1.54, 1.807) is 16.9 Å². The van der Waals surface area contributed by atoms with Crippen molar-refractivity contribution in [2.45, 2.75) is 32.9 Å². The number of aromatic nitrogens is 2. The monoisotopic (exact) mass is 386 g/mol. The van der Waals surface area contributed by atoms with E-state index in [4.69, 9.17) is 9.47 Å². The zero-order valence-electron chi connectivity index (χ0n) is 16.8. The van der Waals surface area contributed by atoms with Crippen LogP contribution >= 0.6 is 0 Å². The van der Waals surface area contributed by atoms with Crippen LogP contribution in [0.1, 0.15) is 42.2 Å². The Labute approximate surface area is 166 Å². The molecule has 0 atom stereocenters. The maximum Gasteiger partial charge on any atom is 0.271 e. The number of carbonyl (C=O) groups is 1. The van der Waals surface area contributed by atoms with E-state index in [0.29, 0.717) is 18.2 Å². The Morgan fingerprint density at radius 1 is 1.21 bits per heavy atom. The van der Waals surface area contributed by atoms with E-state index in [2.05, 4.69) is 41.3 Å². The minimum absolute atomic E-state index is 0.151. The lowest BCUT2D eigenvalue weighted by molar-refractivity contribution is 0.0374. The van der Waals surface area contributed by atoms with Crippen LogP contribution in [-0.2, 0) is 11.5 Å². The average Bonchev–Trinajstić information content (AvgIpc) is 3.20. The molecule has 0 aliphatic carbocycles. The SMILES string of the molecule is CC(C)c1ccc(OCn2ccc(C(=O)NCCCN3CCOCC3)n2)cc1. The van der Waals surface area contributed by atoms with Gasteiger partial charge in [0.1, 0.15) is 11.4 Å². The summed E-state index contributed by atoms with van der Waals surface area (Å²) in [4.78, 5) is 14.6. The summed E-state index contributed by atoms with van der Waals surface area (Å²) in [5, 5.41) is 7.22. The van der Waals surface area contributed by atoms with Crippen LogP contribution in [0.2, 0.25) is 0 Å². The van der Waals surface area contributed by atoms with Gasteiger partial charge in [-0.15, -0.1) is 0 Å². The van der Waals surface area contributed by atoms with Crippen molar-refractivity contribution in [2.75, 3.05) is 39.4 Å². The first-order valence-corrected chi connectivity index (χ1v) is 9.96. The fourth-order valence-electron chi connectivity index (χ4n) is 3.06. The summed E-state index contributed by atoms with van der Waals surface area (Å²) in [5.74, 6) is 1.13. The summed E-state index contributed by atoms with van der Waals surface area (Å²) in [6, 6.07) is 9.77. The van der Waals surface area contributed by atoms with Crippen LogP contribution in [0.25, 0.3) is 0 Å². The number of rotatable bonds is 9. The largest absolute Gasteiger partial charge is 0.471 e. The highest BCUT2D eigenvalue weighted by molar-refractivity contribution is 5.92. The first-order chi connectivity index (χ1) is 13.6. The first kappa shape index (κ1) is 20.4. The summed E-state index contributed by atoms with van der Waals surface area (Å²) < 4.78 is 12.7. The second-order valence-electron chi connectivity index (χ2n) is 7.30. The summed E-state index contributed by atoms with van der Waals surface area (Å²) in [6.07, 6.45) is 2.67. The molecule has 1 aliphatic rings. The number of benzene rings is 1. The van der Waals surface area contributed by atoms with Gasteiger partial charge in [-0.25, -0.2) is 4.68 Å². The van der Waals surface area contributed by atoms with Crippen molar-refractivity contribution in [3.05, 3.63) is 47.8 Å². The van der Waals surface area contributed by atoms with Crippen molar-refractivity contribution in [3.8, 4) is 5.75 Å². The van der Waals surface area contributed by atoms with Crippen LogP contribution in [0.15, 0.2) is 36.5 Å². The van der Waals surface area contributed by atoms with E-state index >= 15 is 0 Å². The summed E-state index contributed by atoms with van der Waals surface area (Å²) in [5.41, 5.74) is 1.68. The number of nitrogens with zero attached hydrogens (tertiary/aromatic N) is 3. The molecule has 1 aromatic heterocycles. The number of hydrogen-bond acceptors (Lipinski definition) is 5. The lowest BCUT2D eigenvalue weighted by Crippen LogP contribution is -2.38. The minimum Gasteiger partial charge on any atom is -0.471 e. The third-order valence-electron chi connectivity index (χ3n) is 4.82. The van der Waals surface area contributed by atoms with Gasteiger partial charge < -0.3 is 14.8 Å². The Morgan fingerprint density at radius 3 is 2.68 bits per heavy atom. The molecule has 1 fully saturated rings. The number of hydrogen-bond donors (Lipinski definition) is 1. The number of amides is 1. The fourth-order valence-corrected chi connectivity index (χ4v) is 3.06. The van der Waals surface area contributed by atoms with Crippen LogP contribution in [0.5, 0.6) is 5.75 Å². The van der Waals surface area contributed by atoms with Crippen molar-refractivity contribution in [2.24, 2.45) is 0 Å². The van der Waals surface area contributed by atoms with Crippen molar-refractivity contribution in [1.29, 1.82) is 0 Å². The van der Waals surface area contributed by atoms with Crippen LogP contribution < -0.4 is 10.1 Å². The fraction of sp³-hybridized carbons (Fsp3) is 0.524. The predicted molar refractivity (Wildman–Crippen MR) is 108 cm³/mol. The van der Waals surface area contributed by atoms with E-state index in [0.717, 1.165) is 45.0 Å². The molecule has 152 valence electrons. The highest BCUT2D eigenvalue weighted by Crippen LogP contribution is 2.18. The standard InChI is InChI=1S/C21H30N4O3/c1-17(2)18-4-6-19(7-5-18)28-16-25-11-8-20(23-25)21(26)22-9-3-10-24-12-14-27-15-13-24/h4-8,11,17H,3,9-10,12-16H2,1-2H3,(H,22,26). The molecule has 7 nitrogen and oxygen atoms in total. The maximum absolute atomic E-state index is 12.2. The van der Waals surface area contributed by atoms with Gasteiger partial charge in [0.2, 0.25) is 0 Å². The van der Waals surface area contributed by atoms with Gasteiger partial charge in [-0.1, -0.05) is 26.0 Å². The van der Waals surface area contributed by atoms with Gasteiger partial charge in [0.25, 0.3) is 5.91 Å². The van der Waals surface area contributed by atoms with Gasteiger partial charge in [-0.05, 0) is 42.6 Å². The van der Waals surface area contributed by atoms with Gasteiger partial charge in [-0.3, -0.25) is 9.69 Å². The molecule has 1 aliphatic heterocycles. The molecule has 7 heteroatoms. The molecule has 3 rings (SSSR count). The molecule has 0 spiro atoms. The maximum atomic E-state index is 12.2. The molecule has 0 radical (unpaired) electrons. The molecule has 1 saturated heterocycles. The Bertz CT molecular complexity index is 736. The molecule has 28 heavy (non-hydrogen) atoms. The lowest BCUT2D eigenvalue weighted by Gasteiger charge is -2.26. The zero-order chi connectivity index (χ0) is 19.8. The third kappa shape index (κ3) is 6.07. The summed E-state index contributed by atoms with van der Waals surface area (Å²) in [7, 11) is 0. The van der Waals surface area contributed by atoms with Gasteiger partial charge in [0.15, 0.2) is 6.73 Å². The molecular weight excluding hydrogens is 356 g/mol. The molecule has 1 aromatic carbocycles. The molecule has 2 aromatic rings. The quantitative estimate of drug-likeness (QED) is 0.671. The van der Waals surface area contributed by atoms with Crippen LogP contribution in [0.4, 0.5) is 0 Å². The number of ether oxygens (including phenoxy) is 2. The third-order valence-corrected chi connectivity index (χ3v) is 4.82. The molecule has 1 N–H and O–H groups in total. The van der Waals surface area contributed by atoms with Gasteiger partial charge >= 0.3 is 0 Å². The topological polar surface area (TPSA) is 68.6 Å². The van der Waals surface area contributed by atoms with E-state index in [1.165, 1.54) is 5.56 Å². The van der Waals surface area contributed by atoms with Crippen LogP contribution in [0.3, 0.4) is 0 Å². The van der Waals surface area contributed by atoms with Crippen LogP contribution in [-0.4, -0.2) is 60.0 Å². The molecule has 2 heterocycles. The van der Waals surface area contributed by atoms with E-state index in [9.17, 15) is 4.79 Å². The second kappa shape index (κ2) is 10.2. The highest BCUT2D eigenvalue weighted by atomic mass is 16.5. The summed E-state index contributed by atoms with van der Waals surface area (Å²) >= 11 is 0. The number of morpholine rings is 1. The smallest absolute Gasteiger partial charge is 0.271 e. The number of nitrogens with one attached hydrogen (secondary N) is 1. The van der Waals surface area contributed by atoms with Crippen molar-refractivity contribution in [1.82, 2.24) is 20.0 Å². The summed E-state index contributed by atoms with van der Waals surface area (Å²) in [6.45, 7) is 9.75. The second-order valence-corrected chi connectivity index (χ2v) is 7.30. The van der Waals surface area contributed by atoms with Crippen molar-refractivity contribution >= 4 is 5.91 Å². The minimum atomic E-state index is -0.151. The van der Waals surface area contributed by atoms with Gasteiger partial charge in [-0.2, -0.15) is 5.10 Å². The van der Waals surface area contributed by atoms with E-state index < -0.39 is 0 Å². The Kier molecular flexibility index (Phi) is 7.45. The van der Waals surface area contributed by atoms with E-state index in [1.807, 2.05) is 12.1 Å². The van der Waals surface area contributed by atoms with Crippen molar-refractivity contribution < 1.29 is 14.3 Å². The first-order valence-electron chi connectivity index (χ1n) is 9.96. The van der Waals surface area contributed by atoms with Gasteiger partial charge in [0, 0.05) is 25.8 Å². The normalized spacial score (nSPS) is 15.0. The number of carbonyl (C=O) groups excluding carboxylic acids is 1. The molecule has 0 unspecified atom stereocenters. The van der Waals surface area contributed by atoms with Gasteiger partial charge in [0.05, 0.1) is 13.2 Å². The van der Waals surface area contributed by atoms with Crippen molar-refractivity contribution in [3.63, 3.8) is 0 Å².